The van der Waals surface area contributed by atoms with Gasteiger partial charge in [0.2, 0.25) is 6.41 Å². The van der Waals surface area contributed by atoms with Crippen molar-refractivity contribution in [2.45, 2.75) is 46.3 Å². The Morgan fingerprint density at radius 2 is 2.18 bits per heavy atom. The number of hydrogen-bond donors (Lipinski definition) is 3. The molecule has 6 heteroatoms. The summed E-state index contributed by atoms with van der Waals surface area (Å²) in [6.45, 7) is 7.72. The van der Waals surface area contributed by atoms with Crippen LogP contribution in [0, 0.1) is 6.92 Å². The Bertz CT molecular complexity index is 376. The summed E-state index contributed by atoms with van der Waals surface area (Å²) >= 11 is 0. The van der Waals surface area contributed by atoms with Gasteiger partial charge in [0.05, 0.1) is 23.2 Å². The van der Waals surface area contributed by atoms with E-state index in [0.29, 0.717) is 12.4 Å². The molecule has 6 nitrogen and oxygen atoms in total. The molecule has 0 saturated heterocycles. The molecule has 1 aromatic rings. The third-order valence-electron chi connectivity index (χ3n) is 1.98. The number of nitrogens with two attached hydrogens (primary N) is 1. The van der Waals surface area contributed by atoms with E-state index in [0.717, 1.165) is 11.4 Å². The molecule has 4 N–H and O–H groups in total. The van der Waals surface area contributed by atoms with Crippen LogP contribution in [0.3, 0.4) is 0 Å². The average molecular weight is 240 g/mol. The van der Waals surface area contributed by atoms with Gasteiger partial charge in [0.25, 0.3) is 0 Å². The predicted octanol–water partition coefficient (Wildman–Crippen LogP) is 0.747. The van der Waals surface area contributed by atoms with Crippen molar-refractivity contribution in [3.05, 3.63) is 17.6 Å². The number of aromatic nitrogens is 2. The lowest BCUT2D eigenvalue weighted by Gasteiger charge is -2.24. The molecule has 17 heavy (non-hydrogen) atoms. The molecule has 0 aromatic carbocycles. The van der Waals surface area contributed by atoms with Crippen molar-refractivity contribution in [1.29, 1.82) is 0 Å². The lowest BCUT2D eigenvalue weighted by Crippen LogP contribution is -2.32. The molecule has 0 fully saturated rings. The van der Waals surface area contributed by atoms with Crippen molar-refractivity contribution in [2.24, 2.45) is 5.73 Å². The first-order chi connectivity index (χ1) is 7.81. The van der Waals surface area contributed by atoms with Gasteiger partial charge in [-0.05, 0) is 27.7 Å². The molecule has 1 rings (SSSR count). The Labute approximate surface area is 101 Å². The van der Waals surface area contributed by atoms with E-state index < -0.39 is 12.0 Å². The number of aliphatic hydroxyl groups excluding tert-OH is 1. The van der Waals surface area contributed by atoms with Crippen LogP contribution in [0.15, 0.2) is 6.20 Å². The number of rotatable bonds is 4. The summed E-state index contributed by atoms with van der Waals surface area (Å²) in [5.41, 5.74) is 6.52. The van der Waals surface area contributed by atoms with E-state index in [1.807, 2.05) is 27.7 Å². The minimum atomic E-state index is -1.12. The number of hydrogen-bond acceptors (Lipinski definition) is 6. The Hall–Kier alpha value is -1.24. The Morgan fingerprint density at radius 3 is 2.65 bits per heavy atom. The Balaban J connectivity index is 2.66. The molecular weight excluding hydrogens is 220 g/mol. The van der Waals surface area contributed by atoms with Gasteiger partial charge in [-0.2, -0.15) is 0 Å². The Morgan fingerprint density at radius 1 is 1.53 bits per heavy atom. The summed E-state index contributed by atoms with van der Waals surface area (Å²) in [7, 11) is 0. The van der Waals surface area contributed by atoms with Crippen LogP contribution in [0.1, 0.15) is 32.2 Å². The average Bonchev–Trinajstić information content (AvgIpc) is 2.14. The maximum Gasteiger partial charge on any atom is 0.237 e. The van der Waals surface area contributed by atoms with Gasteiger partial charge >= 0.3 is 0 Å². The standard InChI is InChI=1S/C11H20N4O2/c1-7-8(5-12)13-6-9(14-7)15-10(16)17-11(2,3)4/h6,10,16H,5,12H2,1-4H3,(H,14,15). The van der Waals surface area contributed by atoms with Crippen molar-refractivity contribution >= 4 is 5.82 Å². The monoisotopic (exact) mass is 240 g/mol. The van der Waals surface area contributed by atoms with E-state index >= 15 is 0 Å². The van der Waals surface area contributed by atoms with E-state index in [1.54, 1.807) is 0 Å². The molecule has 0 spiro atoms. The van der Waals surface area contributed by atoms with Crippen LogP contribution in [0.5, 0.6) is 0 Å². The maximum atomic E-state index is 9.63. The second kappa shape index (κ2) is 5.39. The highest BCUT2D eigenvalue weighted by atomic mass is 16.6. The SMILES string of the molecule is Cc1nc(NC(O)OC(C)(C)C)cnc1CN. The van der Waals surface area contributed by atoms with Crippen LogP contribution in [0.4, 0.5) is 5.82 Å². The number of ether oxygens (including phenoxy) is 1. The fourth-order valence-corrected chi connectivity index (χ4v) is 1.27. The summed E-state index contributed by atoms with van der Waals surface area (Å²) in [5.74, 6) is 0.455. The number of nitrogens with zero attached hydrogens (tertiary/aromatic N) is 2. The van der Waals surface area contributed by atoms with Crippen LogP contribution in [-0.4, -0.2) is 27.1 Å². The van der Waals surface area contributed by atoms with Crippen molar-refractivity contribution in [3.63, 3.8) is 0 Å². The summed E-state index contributed by atoms with van der Waals surface area (Å²) in [5, 5.41) is 12.3. The third-order valence-corrected chi connectivity index (χ3v) is 1.98. The highest BCUT2D eigenvalue weighted by Crippen LogP contribution is 2.12. The largest absolute Gasteiger partial charge is 0.351 e. The van der Waals surface area contributed by atoms with Crippen LogP contribution >= 0.6 is 0 Å². The molecule has 0 amide bonds. The van der Waals surface area contributed by atoms with Gasteiger partial charge in [0.15, 0.2) is 0 Å². The minimum Gasteiger partial charge on any atom is -0.351 e. The zero-order valence-electron chi connectivity index (χ0n) is 10.7. The van der Waals surface area contributed by atoms with Crippen LogP contribution < -0.4 is 11.1 Å². The molecule has 0 saturated carbocycles. The number of aryl methyl sites for hydroxylation is 1. The van der Waals surface area contributed by atoms with Gasteiger partial charge in [-0.25, -0.2) is 4.98 Å². The lowest BCUT2D eigenvalue weighted by molar-refractivity contribution is -0.148. The van der Waals surface area contributed by atoms with Crippen LogP contribution in [-0.2, 0) is 11.3 Å². The van der Waals surface area contributed by atoms with Gasteiger partial charge in [-0.1, -0.05) is 0 Å². The zero-order chi connectivity index (χ0) is 13.1. The highest BCUT2D eigenvalue weighted by Gasteiger charge is 2.16. The molecule has 0 aliphatic rings. The summed E-state index contributed by atoms with van der Waals surface area (Å²) < 4.78 is 5.29. The summed E-state index contributed by atoms with van der Waals surface area (Å²) in [6, 6.07) is 0. The molecule has 0 radical (unpaired) electrons. The van der Waals surface area contributed by atoms with Gasteiger partial charge in [0, 0.05) is 6.54 Å². The zero-order valence-corrected chi connectivity index (χ0v) is 10.7. The fourth-order valence-electron chi connectivity index (χ4n) is 1.27. The molecule has 0 aliphatic heterocycles. The molecule has 1 heterocycles. The van der Waals surface area contributed by atoms with E-state index in [9.17, 15) is 5.11 Å². The van der Waals surface area contributed by atoms with Gasteiger partial charge < -0.3 is 20.9 Å². The molecule has 1 unspecified atom stereocenters. The Kier molecular flexibility index (Phi) is 4.39. The van der Waals surface area contributed by atoms with Crippen LogP contribution in [0.25, 0.3) is 0 Å². The van der Waals surface area contributed by atoms with E-state index in [4.69, 9.17) is 10.5 Å². The number of aliphatic hydroxyl groups is 1. The molecule has 0 bridgehead atoms. The highest BCUT2D eigenvalue weighted by molar-refractivity contribution is 5.33. The fraction of sp³-hybridized carbons (Fsp3) is 0.636. The van der Waals surface area contributed by atoms with Gasteiger partial charge in [-0.3, -0.25) is 4.98 Å². The molecule has 1 atom stereocenters. The van der Waals surface area contributed by atoms with E-state index in [2.05, 4.69) is 15.3 Å². The topological polar surface area (TPSA) is 93.3 Å². The normalized spacial score (nSPS) is 13.5. The van der Waals surface area contributed by atoms with Gasteiger partial charge in [0.1, 0.15) is 5.82 Å². The molecule has 1 aromatic heterocycles. The second-order valence-corrected chi connectivity index (χ2v) is 4.72. The quantitative estimate of drug-likeness (QED) is 0.672. The van der Waals surface area contributed by atoms with E-state index in [-0.39, 0.29) is 0 Å². The van der Waals surface area contributed by atoms with Gasteiger partial charge in [-0.15, -0.1) is 0 Å². The first-order valence-electron chi connectivity index (χ1n) is 5.47. The minimum absolute atomic E-state index is 0.347. The van der Waals surface area contributed by atoms with Crippen LogP contribution in [0.2, 0.25) is 0 Å². The predicted molar refractivity (Wildman–Crippen MR) is 65.1 cm³/mol. The molecular formula is C11H20N4O2. The maximum absolute atomic E-state index is 9.63. The second-order valence-electron chi connectivity index (χ2n) is 4.72. The first kappa shape index (κ1) is 13.8. The summed E-state index contributed by atoms with van der Waals surface area (Å²) in [6.07, 6.45) is 0.400. The van der Waals surface area contributed by atoms with Crippen molar-refractivity contribution in [1.82, 2.24) is 9.97 Å². The van der Waals surface area contributed by atoms with Crippen molar-refractivity contribution in [3.8, 4) is 0 Å². The third kappa shape index (κ3) is 4.64. The number of anilines is 1. The molecule has 96 valence electrons. The first-order valence-corrected chi connectivity index (χ1v) is 5.47. The van der Waals surface area contributed by atoms with Crippen molar-refractivity contribution in [2.75, 3.05) is 5.32 Å². The lowest BCUT2D eigenvalue weighted by atomic mass is 10.2. The molecule has 0 aliphatic carbocycles. The smallest absolute Gasteiger partial charge is 0.237 e. The van der Waals surface area contributed by atoms with E-state index in [1.165, 1.54) is 6.20 Å². The summed E-state index contributed by atoms with van der Waals surface area (Å²) in [4.78, 5) is 8.35. The van der Waals surface area contributed by atoms with Crippen molar-refractivity contribution < 1.29 is 9.84 Å². The number of nitrogens with one attached hydrogen (secondary N) is 1.